The maximum atomic E-state index is 13.6. The minimum atomic E-state index is -0.177. The minimum Gasteiger partial charge on any atom is -0.370 e. The molecule has 2 aromatic rings. The fourth-order valence-electron chi connectivity index (χ4n) is 4.00. The van der Waals surface area contributed by atoms with Crippen molar-refractivity contribution >= 4 is 16.6 Å². The van der Waals surface area contributed by atoms with Crippen molar-refractivity contribution in [2.45, 2.75) is 26.2 Å². The molecule has 0 radical (unpaired) electrons. The van der Waals surface area contributed by atoms with Gasteiger partial charge in [0.25, 0.3) is 0 Å². The minimum absolute atomic E-state index is 0.177. The van der Waals surface area contributed by atoms with Gasteiger partial charge in [0.1, 0.15) is 5.82 Å². The van der Waals surface area contributed by atoms with E-state index in [0.29, 0.717) is 0 Å². The summed E-state index contributed by atoms with van der Waals surface area (Å²) in [4.78, 5) is 6.98. The van der Waals surface area contributed by atoms with Gasteiger partial charge in [-0.3, -0.25) is 4.98 Å². The van der Waals surface area contributed by atoms with Crippen molar-refractivity contribution in [1.29, 1.82) is 0 Å². The molecule has 0 spiro atoms. The molecule has 0 N–H and O–H groups in total. The molecule has 2 aliphatic rings. The Morgan fingerprint density at radius 2 is 1.90 bits per heavy atom. The molecule has 104 valence electrons. The number of pyridine rings is 1. The normalized spacial score (nSPS) is 25.4. The van der Waals surface area contributed by atoms with Gasteiger partial charge in [0, 0.05) is 29.9 Å². The molecule has 2 unspecified atom stereocenters. The summed E-state index contributed by atoms with van der Waals surface area (Å²) in [5, 5.41) is 0.954. The largest absolute Gasteiger partial charge is 0.370 e. The summed E-state index contributed by atoms with van der Waals surface area (Å²) in [6.07, 6.45) is 4.10. The zero-order valence-corrected chi connectivity index (χ0v) is 11.8. The van der Waals surface area contributed by atoms with Gasteiger partial charge in [0.05, 0.1) is 5.52 Å². The molecule has 1 saturated heterocycles. The molecule has 0 bridgehead atoms. The molecule has 1 aromatic heterocycles. The first-order valence-corrected chi connectivity index (χ1v) is 7.52. The number of aromatic nitrogens is 1. The Morgan fingerprint density at radius 3 is 2.65 bits per heavy atom. The molecule has 1 saturated carbocycles. The number of rotatable bonds is 1. The molecular weight excluding hydrogens is 251 g/mol. The van der Waals surface area contributed by atoms with Gasteiger partial charge < -0.3 is 4.90 Å². The lowest BCUT2D eigenvalue weighted by Gasteiger charge is -2.22. The van der Waals surface area contributed by atoms with E-state index in [1.54, 1.807) is 12.1 Å². The molecule has 1 aromatic carbocycles. The SMILES string of the molecule is Cc1cc(N2CC3CCCC3C2)c2cc(F)ccc2n1. The first-order chi connectivity index (χ1) is 9.70. The van der Waals surface area contributed by atoms with Crippen molar-refractivity contribution in [3.05, 3.63) is 35.8 Å². The van der Waals surface area contributed by atoms with Crippen LogP contribution in [0.4, 0.5) is 10.1 Å². The predicted octanol–water partition coefficient (Wildman–Crippen LogP) is 3.92. The summed E-state index contributed by atoms with van der Waals surface area (Å²) in [5.41, 5.74) is 3.08. The van der Waals surface area contributed by atoms with E-state index in [0.717, 1.165) is 41.5 Å². The Balaban J connectivity index is 1.80. The highest BCUT2D eigenvalue weighted by atomic mass is 19.1. The molecule has 2 atom stereocenters. The highest BCUT2D eigenvalue weighted by Crippen LogP contribution is 2.41. The molecule has 1 aliphatic carbocycles. The maximum absolute atomic E-state index is 13.6. The molecule has 20 heavy (non-hydrogen) atoms. The van der Waals surface area contributed by atoms with Gasteiger partial charge >= 0.3 is 0 Å². The summed E-state index contributed by atoms with van der Waals surface area (Å²) in [5.74, 6) is 1.50. The van der Waals surface area contributed by atoms with Gasteiger partial charge in [-0.15, -0.1) is 0 Å². The lowest BCUT2D eigenvalue weighted by molar-refractivity contribution is 0.494. The Labute approximate surface area is 118 Å². The highest BCUT2D eigenvalue weighted by Gasteiger charge is 2.36. The molecule has 2 heterocycles. The first kappa shape index (κ1) is 12.1. The third-order valence-corrected chi connectivity index (χ3v) is 4.94. The van der Waals surface area contributed by atoms with Crippen molar-refractivity contribution in [3.8, 4) is 0 Å². The van der Waals surface area contributed by atoms with Crippen molar-refractivity contribution in [2.75, 3.05) is 18.0 Å². The molecule has 3 heteroatoms. The number of fused-ring (bicyclic) bond motifs is 2. The first-order valence-electron chi connectivity index (χ1n) is 7.52. The molecule has 2 nitrogen and oxygen atoms in total. The van der Waals surface area contributed by atoms with E-state index in [1.165, 1.54) is 31.0 Å². The fraction of sp³-hybridized carbons (Fsp3) is 0.471. The van der Waals surface area contributed by atoms with Gasteiger partial charge in [0.2, 0.25) is 0 Å². The zero-order chi connectivity index (χ0) is 13.7. The van der Waals surface area contributed by atoms with Crippen LogP contribution in [0.3, 0.4) is 0 Å². The predicted molar refractivity (Wildman–Crippen MR) is 79.5 cm³/mol. The standard InChI is InChI=1S/C17H19FN2/c1-11-7-17(15-8-14(18)5-6-16(15)19-11)20-9-12-3-2-4-13(12)10-20/h5-8,12-13H,2-4,9-10H2,1H3. The Bertz CT molecular complexity index is 655. The van der Waals surface area contributed by atoms with Crippen LogP contribution in [0.5, 0.6) is 0 Å². The summed E-state index contributed by atoms with van der Waals surface area (Å²) in [7, 11) is 0. The number of anilines is 1. The maximum Gasteiger partial charge on any atom is 0.124 e. The molecule has 1 aliphatic heterocycles. The van der Waals surface area contributed by atoms with E-state index >= 15 is 0 Å². The second-order valence-corrected chi connectivity index (χ2v) is 6.30. The number of halogens is 1. The molecule has 2 fully saturated rings. The second-order valence-electron chi connectivity index (χ2n) is 6.30. The molecular formula is C17H19FN2. The fourth-order valence-corrected chi connectivity index (χ4v) is 4.00. The van der Waals surface area contributed by atoms with Crippen LogP contribution in [0, 0.1) is 24.6 Å². The van der Waals surface area contributed by atoms with E-state index in [9.17, 15) is 4.39 Å². The van der Waals surface area contributed by atoms with Crippen LogP contribution in [-0.2, 0) is 0 Å². The second kappa shape index (κ2) is 4.44. The molecule has 0 amide bonds. The third kappa shape index (κ3) is 1.88. The Morgan fingerprint density at radius 1 is 1.15 bits per heavy atom. The van der Waals surface area contributed by atoms with Crippen LogP contribution in [0.15, 0.2) is 24.3 Å². The van der Waals surface area contributed by atoms with Crippen molar-refractivity contribution < 1.29 is 4.39 Å². The topological polar surface area (TPSA) is 16.1 Å². The van der Waals surface area contributed by atoms with Crippen molar-refractivity contribution in [3.63, 3.8) is 0 Å². The van der Waals surface area contributed by atoms with Gasteiger partial charge in [-0.1, -0.05) is 6.42 Å². The van der Waals surface area contributed by atoms with E-state index in [2.05, 4.69) is 16.0 Å². The highest BCUT2D eigenvalue weighted by molar-refractivity contribution is 5.92. The van der Waals surface area contributed by atoms with Crippen LogP contribution >= 0.6 is 0 Å². The van der Waals surface area contributed by atoms with Crippen LogP contribution in [0.25, 0.3) is 10.9 Å². The molecule has 4 rings (SSSR count). The number of nitrogens with zero attached hydrogens (tertiary/aromatic N) is 2. The van der Waals surface area contributed by atoms with E-state index in [4.69, 9.17) is 0 Å². The van der Waals surface area contributed by atoms with Crippen LogP contribution in [0.1, 0.15) is 25.0 Å². The number of benzene rings is 1. The quantitative estimate of drug-likeness (QED) is 0.781. The summed E-state index contributed by atoms with van der Waals surface area (Å²) in [6, 6.07) is 7.03. The summed E-state index contributed by atoms with van der Waals surface area (Å²) in [6.45, 7) is 4.27. The van der Waals surface area contributed by atoms with Crippen molar-refractivity contribution in [2.24, 2.45) is 11.8 Å². The number of hydrogen-bond acceptors (Lipinski definition) is 2. The van der Waals surface area contributed by atoms with Gasteiger partial charge in [-0.25, -0.2) is 4.39 Å². The van der Waals surface area contributed by atoms with Crippen LogP contribution in [0.2, 0.25) is 0 Å². The van der Waals surface area contributed by atoms with Gasteiger partial charge in [-0.05, 0) is 55.9 Å². The summed E-state index contributed by atoms with van der Waals surface area (Å²) >= 11 is 0. The van der Waals surface area contributed by atoms with E-state index in [-0.39, 0.29) is 5.82 Å². The lowest BCUT2D eigenvalue weighted by Crippen LogP contribution is -2.21. The monoisotopic (exact) mass is 270 g/mol. The van der Waals surface area contributed by atoms with Crippen LogP contribution in [-0.4, -0.2) is 18.1 Å². The van der Waals surface area contributed by atoms with Crippen molar-refractivity contribution in [1.82, 2.24) is 4.98 Å². The van der Waals surface area contributed by atoms with E-state index < -0.39 is 0 Å². The van der Waals surface area contributed by atoms with Gasteiger partial charge in [-0.2, -0.15) is 0 Å². The third-order valence-electron chi connectivity index (χ3n) is 4.94. The number of aryl methyl sites for hydroxylation is 1. The van der Waals surface area contributed by atoms with Crippen LogP contribution < -0.4 is 4.90 Å². The van der Waals surface area contributed by atoms with Gasteiger partial charge in [0.15, 0.2) is 0 Å². The smallest absolute Gasteiger partial charge is 0.124 e. The number of hydrogen-bond donors (Lipinski definition) is 0. The zero-order valence-electron chi connectivity index (χ0n) is 11.8. The average molecular weight is 270 g/mol. The van der Waals surface area contributed by atoms with E-state index in [1.807, 2.05) is 6.92 Å². The Hall–Kier alpha value is -1.64. The average Bonchev–Trinajstić information content (AvgIpc) is 2.99. The summed E-state index contributed by atoms with van der Waals surface area (Å²) < 4.78 is 13.6. The lowest BCUT2D eigenvalue weighted by atomic mass is 10.0. The Kier molecular flexibility index (Phi) is 2.69.